The first-order valence-corrected chi connectivity index (χ1v) is 3.47. The van der Waals surface area contributed by atoms with Gasteiger partial charge in [-0.05, 0) is 11.6 Å². The molecule has 0 heterocycles. The summed E-state index contributed by atoms with van der Waals surface area (Å²) in [7, 11) is 0. The van der Waals surface area contributed by atoms with Crippen molar-refractivity contribution in [1.82, 2.24) is 0 Å². The SMILES string of the molecule is NC1=C2C=C2C=CC1C(F)(F)F. The van der Waals surface area contributed by atoms with Gasteiger partial charge in [0.1, 0.15) is 5.92 Å². The fourth-order valence-corrected chi connectivity index (χ4v) is 1.26. The van der Waals surface area contributed by atoms with Gasteiger partial charge in [-0.15, -0.1) is 0 Å². The Labute approximate surface area is 67.0 Å². The molecule has 2 aliphatic carbocycles. The van der Waals surface area contributed by atoms with Crippen molar-refractivity contribution in [2.24, 2.45) is 11.7 Å². The van der Waals surface area contributed by atoms with Crippen LogP contribution in [0.3, 0.4) is 0 Å². The van der Waals surface area contributed by atoms with E-state index < -0.39 is 12.1 Å². The van der Waals surface area contributed by atoms with Crippen LogP contribution in [0.5, 0.6) is 0 Å². The minimum absolute atomic E-state index is 0.0694. The van der Waals surface area contributed by atoms with Gasteiger partial charge in [0, 0.05) is 11.3 Å². The van der Waals surface area contributed by atoms with Gasteiger partial charge in [-0.3, -0.25) is 0 Å². The molecule has 0 saturated heterocycles. The topological polar surface area (TPSA) is 26.0 Å². The van der Waals surface area contributed by atoms with Gasteiger partial charge >= 0.3 is 6.18 Å². The van der Waals surface area contributed by atoms with E-state index in [1.165, 1.54) is 6.08 Å². The molecule has 0 aromatic rings. The van der Waals surface area contributed by atoms with Crippen molar-refractivity contribution in [3.63, 3.8) is 0 Å². The molecule has 0 fully saturated rings. The molecular weight excluding hydrogens is 167 g/mol. The summed E-state index contributed by atoms with van der Waals surface area (Å²) >= 11 is 0. The molecule has 0 amide bonds. The molecule has 64 valence electrons. The van der Waals surface area contributed by atoms with Crippen molar-refractivity contribution in [2.45, 2.75) is 6.18 Å². The monoisotopic (exact) mass is 173 g/mol. The van der Waals surface area contributed by atoms with Crippen LogP contribution in [-0.2, 0) is 0 Å². The Kier molecular flexibility index (Phi) is 1.21. The first-order valence-electron chi connectivity index (χ1n) is 3.47. The van der Waals surface area contributed by atoms with Crippen LogP contribution in [0.4, 0.5) is 13.2 Å². The first kappa shape index (κ1) is 7.46. The van der Waals surface area contributed by atoms with Crippen LogP contribution in [0.1, 0.15) is 0 Å². The smallest absolute Gasteiger partial charge is 0.400 e. The minimum atomic E-state index is -4.25. The van der Waals surface area contributed by atoms with E-state index in [9.17, 15) is 13.2 Å². The molecular formula is C8H6F3N. The maximum absolute atomic E-state index is 12.2. The van der Waals surface area contributed by atoms with Gasteiger partial charge in [-0.25, -0.2) is 0 Å². The third-order valence-electron chi connectivity index (χ3n) is 1.99. The summed E-state index contributed by atoms with van der Waals surface area (Å²) in [5, 5.41) is 0. The molecule has 1 unspecified atom stereocenters. The van der Waals surface area contributed by atoms with E-state index in [1.807, 2.05) is 0 Å². The maximum atomic E-state index is 12.2. The fraction of sp³-hybridized carbons (Fsp3) is 0.250. The minimum Gasteiger partial charge on any atom is -0.401 e. The number of hydrogen-bond donors (Lipinski definition) is 1. The Morgan fingerprint density at radius 2 is 2.00 bits per heavy atom. The summed E-state index contributed by atoms with van der Waals surface area (Å²) in [6.45, 7) is 0. The molecule has 2 aliphatic rings. The zero-order chi connectivity index (χ0) is 8.93. The highest BCUT2D eigenvalue weighted by Crippen LogP contribution is 2.43. The summed E-state index contributed by atoms with van der Waals surface area (Å²) in [4.78, 5) is 0. The van der Waals surface area contributed by atoms with E-state index in [4.69, 9.17) is 5.73 Å². The summed E-state index contributed by atoms with van der Waals surface area (Å²) in [6.07, 6.45) is -0.0470. The standard InChI is InChI=1S/C8H6F3N/c9-8(10,11)6-2-1-4-3-5(4)7(6)12/h1-3,6H,12H2. The Balaban J connectivity index is 2.31. The lowest BCUT2D eigenvalue weighted by molar-refractivity contribution is -0.151. The zero-order valence-electron chi connectivity index (χ0n) is 6.02. The van der Waals surface area contributed by atoms with E-state index >= 15 is 0 Å². The molecule has 0 radical (unpaired) electrons. The second-order valence-electron chi connectivity index (χ2n) is 2.85. The molecule has 0 aromatic heterocycles. The Bertz CT molecular complexity index is 320. The zero-order valence-corrected chi connectivity index (χ0v) is 6.02. The molecule has 1 atom stereocenters. The highest BCUT2D eigenvalue weighted by Gasteiger charge is 2.43. The van der Waals surface area contributed by atoms with Gasteiger partial charge in [0.2, 0.25) is 0 Å². The van der Waals surface area contributed by atoms with Crippen molar-refractivity contribution < 1.29 is 13.2 Å². The van der Waals surface area contributed by atoms with Crippen LogP contribution in [-0.4, -0.2) is 6.18 Å². The van der Waals surface area contributed by atoms with Gasteiger partial charge in [0.05, 0.1) is 0 Å². The molecule has 0 aromatic carbocycles. The second kappa shape index (κ2) is 1.94. The number of allylic oxidation sites excluding steroid dienone is 5. The second-order valence-corrected chi connectivity index (χ2v) is 2.85. The van der Waals surface area contributed by atoms with Gasteiger partial charge < -0.3 is 5.73 Å². The van der Waals surface area contributed by atoms with Crippen LogP contribution >= 0.6 is 0 Å². The summed E-state index contributed by atoms with van der Waals surface area (Å²) in [5.74, 6) is -1.59. The van der Waals surface area contributed by atoms with E-state index in [0.29, 0.717) is 5.57 Å². The molecule has 4 heteroatoms. The molecule has 1 nitrogen and oxygen atoms in total. The Morgan fingerprint density at radius 3 is 2.58 bits per heavy atom. The molecule has 0 saturated carbocycles. The lowest BCUT2D eigenvalue weighted by atomic mass is 9.99. The van der Waals surface area contributed by atoms with Crippen molar-refractivity contribution >= 4 is 0 Å². The highest BCUT2D eigenvalue weighted by molar-refractivity contribution is 5.67. The van der Waals surface area contributed by atoms with Gasteiger partial charge in [-0.2, -0.15) is 13.2 Å². The van der Waals surface area contributed by atoms with Crippen LogP contribution in [0, 0.1) is 5.92 Å². The third kappa shape index (κ3) is 0.948. The number of rotatable bonds is 0. The lowest BCUT2D eigenvalue weighted by Crippen LogP contribution is -2.28. The average Bonchev–Trinajstić information content (AvgIpc) is 2.63. The van der Waals surface area contributed by atoms with Crippen molar-refractivity contribution in [1.29, 1.82) is 0 Å². The van der Waals surface area contributed by atoms with Gasteiger partial charge in [-0.1, -0.05) is 12.2 Å². The number of fused-ring (bicyclic) bond motifs is 1. The van der Waals surface area contributed by atoms with Crippen LogP contribution in [0.15, 0.2) is 35.1 Å². The van der Waals surface area contributed by atoms with E-state index in [-0.39, 0.29) is 5.70 Å². The summed E-state index contributed by atoms with van der Waals surface area (Å²) in [6, 6.07) is 0. The van der Waals surface area contributed by atoms with E-state index in [1.54, 1.807) is 6.08 Å². The van der Waals surface area contributed by atoms with E-state index in [0.717, 1.165) is 11.6 Å². The van der Waals surface area contributed by atoms with Crippen LogP contribution < -0.4 is 5.73 Å². The molecule has 12 heavy (non-hydrogen) atoms. The molecule has 0 spiro atoms. The first-order chi connectivity index (χ1) is 5.50. The van der Waals surface area contributed by atoms with Gasteiger partial charge in [0.15, 0.2) is 0 Å². The maximum Gasteiger partial charge on any atom is 0.400 e. The Hall–Kier alpha value is -1.19. The quantitative estimate of drug-likeness (QED) is 0.594. The van der Waals surface area contributed by atoms with Crippen molar-refractivity contribution in [3.8, 4) is 0 Å². The van der Waals surface area contributed by atoms with Crippen molar-refractivity contribution in [2.75, 3.05) is 0 Å². The third-order valence-corrected chi connectivity index (χ3v) is 1.99. The number of halogens is 3. The highest BCUT2D eigenvalue weighted by atomic mass is 19.4. The summed E-state index contributed by atoms with van der Waals surface area (Å²) in [5.41, 5.74) is 6.63. The Morgan fingerprint density at radius 1 is 1.33 bits per heavy atom. The van der Waals surface area contributed by atoms with Crippen LogP contribution in [0.2, 0.25) is 0 Å². The van der Waals surface area contributed by atoms with E-state index in [2.05, 4.69) is 0 Å². The van der Waals surface area contributed by atoms with Crippen molar-refractivity contribution in [3.05, 3.63) is 35.1 Å². The van der Waals surface area contributed by atoms with Gasteiger partial charge in [0.25, 0.3) is 0 Å². The largest absolute Gasteiger partial charge is 0.401 e. The molecule has 0 bridgehead atoms. The predicted octanol–water partition coefficient (Wildman–Crippen LogP) is 1.89. The molecule has 2 N–H and O–H groups in total. The lowest BCUT2D eigenvalue weighted by Gasteiger charge is -2.19. The molecule has 0 aliphatic heterocycles. The normalized spacial score (nSPS) is 26.9. The van der Waals surface area contributed by atoms with Crippen LogP contribution in [0.25, 0.3) is 0 Å². The number of hydrogen-bond acceptors (Lipinski definition) is 1. The molecule has 2 rings (SSSR count). The summed E-state index contributed by atoms with van der Waals surface area (Å²) < 4.78 is 36.6. The fourth-order valence-electron chi connectivity index (χ4n) is 1.26. The predicted molar refractivity (Wildman–Crippen MR) is 38.0 cm³/mol. The average molecular weight is 173 g/mol. The number of nitrogens with two attached hydrogens (primary N) is 1. The number of alkyl halides is 3.